The van der Waals surface area contributed by atoms with Crippen LogP contribution in [-0.4, -0.2) is 23.1 Å². The lowest BCUT2D eigenvalue weighted by Gasteiger charge is -2.20. The SMILES string of the molecule is CCNC1=C(N)c2cncnc2OC1. The molecule has 0 amide bonds. The van der Waals surface area contributed by atoms with Crippen molar-refractivity contribution in [2.45, 2.75) is 6.92 Å². The Bertz CT molecular complexity index is 375. The maximum atomic E-state index is 5.93. The maximum Gasteiger partial charge on any atom is 0.226 e. The molecule has 0 saturated heterocycles. The number of hydrogen-bond donors (Lipinski definition) is 2. The van der Waals surface area contributed by atoms with Crippen molar-refractivity contribution < 1.29 is 4.74 Å². The molecule has 1 aliphatic rings. The van der Waals surface area contributed by atoms with Crippen LogP contribution >= 0.6 is 0 Å². The zero-order valence-electron chi connectivity index (χ0n) is 7.95. The van der Waals surface area contributed by atoms with Crippen LogP contribution in [0.2, 0.25) is 0 Å². The quantitative estimate of drug-likeness (QED) is 0.695. The normalized spacial score (nSPS) is 14.6. The highest BCUT2D eigenvalue weighted by molar-refractivity contribution is 5.70. The van der Waals surface area contributed by atoms with Gasteiger partial charge >= 0.3 is 0 Å². The second kappa shape index (κ2) is 3.53. The van der Waals surface area contributed by atoms with Crippen LogP contribution in [0.1, 0.15) is 12.5 Å². The molecule has 3 N–H and O–H groups in total. The summed E-state index contributed by atoms with van der Waals surface area (Å²) in [6.07, 6.45) is 3.11. The minimum atomic E-state index is 0.448. The summed E-state index contributed by atoms with van der Waals surface area (Å²) >= 11 is 0. The second-order valence-electron chi connectivity index (χ2n) is 2.95. The van der Waals surface area contributed by atoms with E-state index in [1.807, 2.05) is 6.92 Å². The van der Waals surface area contributed by atoms with E-state index in [2.05, 4.69) is 15.3 Å². The first-order valence-corrected chi connectivity index (χ1v) is 4.48. The molecule has 5 nitrogen and oxygen atoms in total. The average molecular weight is 192 g/mol. The molecule has 14 heavy (non-hydrogen) atoms. The number of hydrogen-bond acceptors (Lipinski definition) is 5. The van der Waals surface area contributed by atoms with Crippen molar-refractivity contribution >= 4 is 5.70 Å². The van der Waals surface area contributed by atoms with Gasteiger partial charge in [0.1, 0.15) is 12.9 Å². The van der Waals surface area contributed by atoms with Crippen molar-refractivity contribution in [3.8, 4) is 5.88 Å². The van der Waals surface area contributed by atoms with Crippen LogP contribution in [0.15, 0.2) is 18.2 Å². The third-order valence-corrected chi connectivity index (χ3v) is 2.03. The monoisotopic (exact) mass is 192 g/mol. The fraction of sp³-hybridized carbons (Fsp3) is 0.333. The van der Waals surface area contributed by atoms with Crippen molar-refractivity contribution in [3.63, 3.8) is 0 Å². The fourth-order valence-corrected chi connectivity index (χ4v) is 1.36. The number of likely N-dealkylation sites (N-methyl/N-ethyl adjacent to an activating group) is 1. The van der Waals surface area contributed by atoms with Crippen molar-refractivity contribution in [2.24, 2.45) is 5.73 Å². The van der Waals surface area contributed by atoms with E-state index in [9.17, 15) is 0 Å². The van der Waals surface area contributed by atoms with Crippen LogP contribution in [0.25, 0.3) is 5.70 Å². The van der Waals surface area contributed by atoms with Gasteiger partial charge in [-0.2, -0.15) is 0 Å². The largest absolute Gasteiger partial charge is 0.471 e. The first-order valence-electron chi connectivity index (χ1n) is 4.48. The van der Waals surface area contributed by atoms with Crippen LogP contribution in [0.5, 0.6) is 5.88 Å². The Hall–Kier alpha value is -1.78. The molecule has 2 heterocycles. The van der Waals surface area contributed by atoms with Gasteiger partial charge in [-0.25, -0.2) is 9.97 Å². The van der Waals surface area contributed by atoms with E-state index in [0.29, 0.717) is 18.2 Å². The summed E-state index contributed by atoms with van der Waals surface area (Å²) in [6, 6.07) is 0. The molecule has 0 aromatic carbocycles. The Labute approximate surface area is 82.0 Å². The molecule has 5 heteroatoms. The molecule has 74 valence electrons. The standard InChI is InChI=1S/C9H12N4O/c1-2-12-7-4-14-9-6(8(7)10)3-11-5-13-9/h3,5,12H,2,4,10H2,1H3. The Morgan fingerprint density at radius 1 is 1.64 bits per heavy atom. The summed E-state index contributed by atoms with van der Waals surface area (Å²) in [4.78, 5) is 7.90. The summed E-state index contributed by atoms with van der Waals surface area (Å²) in [6.45, 7) is 3.28. The number of fused-ring (bicyclic) bond motifs is 1. The molecular formula is C9H12N4O. The number of ether oxygens (including phenoxy) is 1. The lowest BCUT2D eigenvalue weighted by atomic mass is 10.1. The summed E-state index contributed by atoms with van der Waals surface area (Å²) in [5, 5.41) is 3.15. The van der Waals surface area contributed by atoms with Gasteiger partial charge in [-0.15, -0.1) is 0 Å². The van der Waals surface area contributed by atoms with Crippen LogP contribution in [-0.2, 0) is 0 Å². The van der Waals surface area contributed by atoms with Gasteiger partial charge in [0, 0.05) is 12.7 Å². The first-order chi connectivity index (χ1) is 6.83. The van der Waals surface area contributed by atoms with Crippen LogP contribution in [0.3, 0.4) is 0 Å². The molecule has 0 unspecified atom stereocenters. The van der Waals surface area contributed by atoms with E-state index in [1.165, 1.54) is 6.33 Å². The summed E-state index contributed by atoms with van der Waals surface area (Å²) in [5.74, 6) is 0.555. The predicted molar refractivity (Wildman–Crippen MR) is 52.3 cm³/mol. The van der Waals surface area contributed by atoms with E-state index in [1.54, 1.807) is 6.20 Å². The number of rotatable bonds is 2. The van der Waals surface area contributed by atoms with Crippen molar-refractivity contribution in [2.75, 3.05) is 13.2 Å². The van der Waals surface area contributed by atoms with E-state index in [0.717, 1.165) is 17.8 Å². The van der Waals surface area contributed by atoms with Gasteiger partial charge in [0.05, 0.1) is 17.0 Å². The van der Waals surface area contributed by atoms with Crippen LogP contribution < -0.4 is 15.8 Å². The Balaban J connectivity index is 2.40. The molecule has 0 radical (unpaired) electrons. The molecule has 1 aliphatic heterocycles. The molecule has 1 aromatic rings. The van der Waals surface area contributed by atoms with E-state index >= 15 is 0 Å². The Morgan fingerprint density at radius 2 is 2.50 bits per heavy atom. The molecule has 2 rings (SSSR count). The topological polar surface area (TPSA) is 73.1 Å². The highest BCUT2D eigenvalue weighted by Gasteiger charge is 2.18. The van der Waals surface area contributed by atoms with E-state index < -0.39 is 0 Å². The van der Waals surface area contributed by atoms with Gasteiger partial charge < -0.3 is 15.8 Å². The number of nitrogens with one attached hydrogen (secondary N) is 1. The van der Waals surface area contributed by atoms with Gasteiger partial charge in [0.2, 0.25) is 5.88 Å². The average Bonchev–Trinajstić information content (AvgIpc) is 2.23. The van der Waals surface area contributed by atoms with Crippen LogP contribution in [0.4, 0.5) is 0 Å². The lowest BCUT2D eigenvalue weighted by Crippen LogP contribution is -2.26. The van der Waals surface area contributed by atoms with Crippen molar-refractivity contribution in [1.82, 2.24) is 15.3 Å². The van der Waals surface area contributed by atoms with Gasteiger partial charge in [0.25, 0.3) is 0 Å². The molecular weight excluding hydrogens is 180 g/mol. The third-order valence-electron chi connectivity index (χ3n) is 2.03. The highest BCUT2D eigenvalue weighted by atomic mass is 16.5. The van der Waals surface area contributed by atoms with Crippen LogP contribution in [0, 0.1) is 0 Å². The minimum Gasteiger partial charge on any atom is -0.471 e. The molecule has 1 aromatic heterocycles. The van der Waals surface area contributed by atoms with E-state index in [4.69, 9.17) is 10.5 Å². The predicted octanol–water partition coefficient (Wildman–Crippen LogP) is 0.106. The minimum absolute atomic E-state index is 0.448. The molecule has 0 atom stereocenters. The molecule has 0 bridgehead atoms. The number of aromatic nitrogens is 2. The van der Waals surface area contributed by atoms with E-state index in [-0.39, 0.29) is 0 Å². The zero-order chi connectivity index (χ0) is 9.97. The van der Waals surface area contributed by atoms with Crippen molar-refractivity contribution in [3.05, 3.63) is 23.8 Å². The van der Waals surface area contributed by atoms with Crippen molar-refractivity contribution in [1.29, 1.82) is 0 Å². The van der Waals surface area contributed by atoms with Gasteiger partial charge in [-0.1, -0.05) is 0 Å². The third kappa shape index (κ3) is 1.37. The zero-order valence-corrected chi connectivity index (χ0v) is 7.95. The molecule has 0 spiro atoms. The van der Waals surface area contributed by atoms with Gasteiger partial charge in [-0.05, 0) is 6.92 Å². The fourth-order valence-electron chi connectivity index (χ4n) is 1.36. The first kappa shape index (κ1) is 8.80. The summed E-state index contributed by atoms with van der Waals surface area (Å²) in [7, 11) is 0. The smallest absolute Gasteiger partial charge is 0.226 e. The maximum absolute atomic E-state index is 5.93. The molecule has 0 fully saturated rings. The molecule has 0 saturated carbocycles. The summed E-state index contributed by atoms with van der Waals surface area (Å²) < 4.78 is 5.41. The second-order valence-corrected chi connectivity index (χ2v) is 2.95. The number of nitrogens with two attached hydrogens (primary N) is 1. The highest BCUT2D eigenvalue weighted by Crippen LogP contribution is 2.25. The van der Waals surface area contributed by atoms with Gasteiger partial charge in [0.15, 0.2) is 0 Å². The summed E-state index contributed by atoms with van der Waals surface area (Å²) in [5.41, 5.74) is 8.27. The molecule has 0 aliphatic carbocycles. The Kier molecular flexibility index (Phi) is 2.22. The lowest BCUT2D eigenvalue weighted by molar-refractivity contribution is 0.322. The number of nitrogens with zero attached hydrogens (tertiary/aromatic N) is 2. The Morgan fingerprint density at radius 3 is 3.29 bits per heavy atom. The van der Waals surface area contributed by atoms with Gasteiger partial charge in [-0.3, -0.25) is 0 Å².